The molecular weight excluding hydrogens is 232 g/mol. The van der Waals surface area contributed by atoms with Crippen LogP contribution in [0.3, 0.4) is 0 Å². The number of aliphatic hydroxyl groups excluding tert-OH is 2. The maximum Gasteiger partial charge on any atom is 0.191 e. The fraction of sp³-hybridized carbons (Fsp3) is 1.00. The van der Waals surface area contributed by atoms with Crippen molar-refractivity contribution in [3.63, 3.8) is 0 Å². The van der Waals surface area contributed by atoms with Crippen molar-refractivity contribution in [3.8, 4) is 0 Å². The third-order valence-corrected chi connectivity index (χ3v) is 8.47. The van der Waals surface area contributed by atoms with Gasteiger partial charge in [0, 0.05) is 25.0 Å². The van der Waals surface area contributed by atoms with E-state index in [-0.39, 0.29) is 23.5 Å². The minimum Gasteiger partial charge on any atom is -0.416 e. The molecule has 4 heteroatoms. The van der Waals surface area contributed by atoms with Gasteiger partial charge in [0.1, 0.15) is 0 Å². The third kappa shape index (κ3) is 5.08. The standard InChI is InChI=1S/C13H30O3Si/c1-10(8-14)12(15)11(2)9-16-17(6,7)13(3,4)5/h10-12,14-15H,8-9H2,1-7H3/t10-,11+,12+/m1/s1. The lowest BCUT2D eigenvalue weighted by molar-refractivity contribution is 0.0178. The molecule has 0 spiro atoms. The molecule has 0 amide bonds. The lowest BCUT2D eigenvalue weighted by Crippen LogP contribution is -2.43. The maximum atomic E-state index is 9.96. The van der Waals surface area contributed by atoms with Crippen LogP contribution in [0.25, 0.3) is 0 Å². The Balaban J connectivity index is 4.29. The van der Waals surface area contributed by atoms with Crippen LogP contribution in [0.5, 0.6) is 0 Å². The van der Waals surface area contributed by atoms with Gasteiger partial charge < -0.3 is 14.6 Å². The highest BCUT2D eigenvalue weighted by atomic mass is 28.4. The van der Waals surface area contributed by atoms with Crippen LogP contribution in [0.1, 0.15) is 34.6 Å². The molecule has 0 aromatic heterocycles. The second-order valence-electron chi connectivity index (χ2n) is 6.70. The Morgan fingerprint density at radius 1 is 1.12 bits per heavy atom. The lowest BCUT2D eigenvalue weighted by Gasteiger charge is -2.37. The summed E-state index contributed by atoms with van der Waals surface area (Å²) < 4.78 is 6.07. The molecule has 0 aromatic rings. The highest BCUT2D eigenvalue weighted by molar-refractivity contribution is 6.74. The summed E-state index contributed by atoms with van der Waals surface area (Å²) >= 11 is 0. The lowest BCUT2D eigenvalue weighted by atomic mass is 9.95. The summed E-state index contributed by atoms with van der Waals surface area (Å²) in [7, 11) is -1.73. The van der Waals surface area contributed by atoms with Gasteiger partial charge in [0.05, 0.1) is 6.10 Å². The molecule has 3 nitrogen and oxygen atoms in total. The van der Waals surface area contributed by atoms with E-state index in [9.17, 15) is 5.11 Å². The zero-order chi connectivity index (χ0) is 13.9. The van der Waals surface area contributed by atoms with Crippen molar-refractivity contribution in [2.75, 3.05) is 13.2 Å². The Labute approximate surface area is 107 Å². The van der Waals surface area contributed by atoms with E-state index in [2.05, 4.69) is 33.9 Å². The second kappa shape index (κ2) is 6.32. The van der Waals surface area contributed by atoms with E-state index in [0.29, 0.717) is 6.61 Å². The van der Waals surface area contributed by atoms with Gasteiger partial charge in [-0.05, 0) is 18.1 Å². The van der Waals surface area contributed by atoms with Gasteiger partial charge >= 0.3 is 0 Å². The van der Waals surface area contributed by atoms with Crippen LogP contribution in [-0.2, 0) is 4.43 Å². The van der Waals surface area contributed by atoms with Gasteiger partial charge in [0.25, 0.3) is 0 Å². The van der Waals surface area contributed by atoms with Crippen molar-refractivity contribution < 1.29 is 14.6 Å². The summed E-state index contributed by atoms with van der Waals surface area (Å²) in [6.07, 6.45) is -0.496. The summed E-state index contributed by atoms with van der Waals surface area (Å²) in [5, 5.41) is 19.2. The van der Waals surface area contributed by atoms with Crippen LogP contribution in [0.2, 0.25) is 18.1 Å². The van der Waals surface area contributed by atoms with E-state index in [0.717, 1.165) is 0 Å². The maximum absolute atomic E-state index is 9.96. The first-order valence-electron chi connectivity index (χ1n) is 6.46. The zero-order valence-corrected chi connectivity index (χ0v) is 13.4. The van der Waals surface area contributed by atoms with Gasteiger partial charge in [-0.3, -0.25) is 0 Å². The first kappa shape index (κ1) is 17.1. The van der Waals surface area contributed by atoms with E-state index in [4.69, 9.17) is 9.53 Å². The molecule has 0 aromatic carbocycles. The summed E-state index contributed by atoms with van der Waals surface area (Å²) in [5.41, 5.74) is 0. The van der Waals surface area contributed by atoms with Crippen molar-refractivity contribution in [2.24, 2.45) is 11.8 Å². The molecule has 17 heavy (non-hydrogen) atoms. The number of aliphatic hydroxyl groups is 2. The smallest absolute Gasteiger partial charge is 0.191 e. The zero-order valence-electron chi connectivity index (χ0n) is 12.4. The summed E-state index contributed by atoms with van der Waals surface area (Å²) in [4.78, 5) is 0. The van der Waals surface area contributed by atoms with Gasteiger partial charge in [0.15, 0.2) is 8.32 Å². The molecule has 0 unspecified atom stereocenters. The predicted octanol–water partition coefficient (Wildman–Crippen LogP) is 2.63. The Hall–Kier alpha value is 0.0969. The van der Waals surface area contributed by atoms with E-state index >= 15 is 0 Å². The van der Waals surface area contributed by atoms with Crippen molar-refractivity contribution >= 4 is 8.32 Å². The average molecular weight is 262 g/mol. The fourth-order valence-corrected chi connectivity index (χ4v) is 2.44. The second-order valence-corrected chi connectivity index (χ2v) is 11.5. The highest BCUT2D eigenvalue weighted by Crippen LogP contribution is 2.36. The number of hydrogen-bond donors (Lipinski definition) is 2. The van der Waals surface area contributed by atoms with Crippen molar-refractivity contribution in [1.29, 1.82) is 0 Å². The van der Waals surface area contributed by atoms with Crippen LogP contribution < -0.4 is 0 Å². The fourth-order valence-electron chi connectivity index (χ4n) is 1.32. The molecule has 0 saturated heterocycles. The highest BCUT2D eigenvalue weighted by Gasteiger charge is 2.37. The quantitative estimate of drug-likeness (QED) is 0.724. The first-order valence-corrected chi connectivity index (χ1v) is 9.36. The van der Waals surface area contributed by atoms with Gasteiger partial charge in [-0.25, -0.2) is 0 Å². The molecule has 0 saturated carbocycles. The monoisotopic (exact) mass is 262 g/mol. The van der Waals surface area contributed by atoms with Gasteiger partial charge in [-0.1, -0.05) is 34.6 Å². The number of hydrogen-bond acceptors (Lipinski definition) is 3. The summed E-state index contributed by atoms with van der Waals surface area (Å²) in [6.45, 7) is 15.5. The van der Waals surface area contributed by atoms with Crippen molar-refractivity contribution in [1.82, 2.24) is 0 Å². The molecule has 0 bridgehead atoms. The van der Waals surface area contributed by atoms with Crippen molar-refractivity contribution in [2.45, 2.75) is 58.9 Å². The molecule has 3 atom stereocenters. The van der Waals surface area contributed by atoms with Crippen LogP contribution >= 0.6 is 0 Å². The third-order valence-electron chi connectivity index (χ3n) is 3.97. The average Bonchev–Trinajstić information content (AvgIpc) is 2.22. The van der Waals surface area contributed by atoms with Crippen LogP contribution in [0.4, 0.5) is 0 Å². The van der Waals surface area contributed by atoms with Crippen LogP contribution in [0.15, 0.2) is 0 Å². The summed E-state index contributed by atoms with van der Waals surface area (Å²) in [6, 6.07) is 0. The number of rotatable bonds is 6. The van der Waals surface area contributed by atoms with Gasteiger partial charge in [0.2, 0.25) is 0 Å². The molecular formula is C13H30O3Si. The molecule has 0 aliphatic carbocycles. The van der Waals surface area contributed by atoms with Crippen molar-refractivity contribution in [3.05, 3.63) is 0 Å². The minimum absolute atomic E-state index is 0.0194. The van der Waals surface area contributed by atoms with Gasteiger partial charge in [-0.15, -0.1) is 0 Å². The minimum atomic E-state index is -1.73. The van der Waals surface area contributed by atoms with E-state index < -0.39 is 14.4 Å². The normalized spacial score (nSPS) is 18.9. The molecule has 0 rings (SSSR count). The molecule has 2 N–H and O–H groups in total. The molecule has 0 aliphatic heterocycles. The molecule has 104 valence electrons. The molecule has 0 fully saturated rings. The van der Waals surface area contributed by atoms with E-state index in [1.165, 1.54) is 0 Å². The molecule has 0 heterocycles. The Morgan fingerprint density at radius 3 is 1.94 bits per heavy atom. The van der Waals surface area contributed by atoms with Crippen LogP contribution in [0, 0.1) is 11.8 Å². The largest absolute Gasteiger partial charge is 0.416 e. The Bertz CT molecular complexity index is 223. The molecule has 0 radical (unpaired) electrons. The first-order chi connectivity index (χ1) is 7.53. The topological polar surface area (TPSA) is 49.7 Å². The predicted molar refractivity (Wildman–Crippen MR) is 74.6 cm³/mol. The Kier molecular flexibility index (Phi) is 6.35. The summed E-state index contributed by atoms with van der Waals surface area (Å²) in [5.74, 6) is -0.0284. The Morgan fingerprint density at radius 2 is 1.59 bits per heavy atom. The SMILES string of the molecule is C[C@H](CO)[C@H](O)[C@@H](C)CO[Si](C)(C)C(C)(C)C. The van der Waals surface area contributed by atoms with E-state index in [1.807, 2.05) is 13.8 Å². The van der Waals surface area contributed by atoms with E-state index in [1.54, 1.807) is 0 Å². The van der Waals surface area contributed by atoms with Crippen LogP contribution in [-0.4, -0.2) is 37.8 Å². The molecule has 0 aliphatic rings. The van der Waals surface area contributed by atoms with Gasteiger partial charge in [-0.2, -0.15) is 0 Å².